The van der Waals surface area contributed by atoms with E-state index in [0.717, 1.165) is 44.5 Å². The maximum atomic E-state index is 12.2. The van der Waals surface area contributed by atoms with Gasteiger partial charge in [-0.1, -0.05) is 6.92 Å². The molecule has 2 heterocycles. The minimum absolute atomic E-state index is 0.00315. The minimum Gasteiger partial charge on any atom is -0.348 e. The SMILES string of the molecule is CCc1cc(C(=O)NC2CCCNCC2)n(C)n1. The summed E-state index contributed by atoms with van der Waals surface area (Å²) in [5, 5.41) is 10.8. The summed E-state index contributed by atoms with van der Waals surface area (Å²) >= 11 is 0. The van der Waals surface area contributed by atoms with Crippen LogP contribution in [0.25, 0.3) is 0 Å². The number of nitrogens with one attached hydrogen (secondary N) is 2. The molecule has 18 heavy (non-hydrogen) atoms. The van der Waals surface area contributed by atoms with Crippen LogP contribution in [0.3, 0.4) is 0 Å². The van der Waals surface area contributed by atoms with Crippen molar-refractivity contribution in [2.75, 3.05) is 13.1 Å². The number of carbonyl (C=O) groups is 1. The highest BCUT2D eigenvalue weighted by Crippen LogP contribution is 2.08. The van der Waals surface area contributed by atoms with E-state index in [-0.39, 0.29) is 11.9 Å². The molecule has 1 aromatic heterocycles. The monoisotopic (exact) mass is 250 g/mol. The summed E-state index contributed by atoms with van der Waals surface area (Å²) in [7, 11) is 1.82. The summed E-state index contributed by atoms with van der Waals surface area (Å²) in [6, 6.07) is 2.16. The Hall–Kier alpha value is -1.36. The van der Waals surface area contributed by atoms with Gasteiger partial charge in [0.15, 0.2) is 0 Å². The molecule has 0 bridgehead atoms. The molecule has 1 saturated heterocycles. The van der Waals surface area contributed by atoms with Gasteiger partial charge in [0.1, 0.15) is 5.69 Å². The first kappa shape index (κ1) is 13.1. The maximum Gasteiger partial charge on any atom is 0.269 e. The van der Waals surface area contributed by atoms with Crippen molar-refractivity contribution in [3.63, 3.8) is 0 Å². The number of nitrogens with zero attached hydrogens (tertiary/aromatic N) is 2. The van der Waals surface area contributed by atoms with Crippen molar-refractivity contribution in [3.8, 4) is 0 Å². The van der Waals surface area contributed by atoms with E-state index in [1.165, 1.54) is 0 Å². The molecule has 5 heteroatoms. The Bertz CT molecular complexity index is 405. The fourth-order valence-electron chi connectivity index (χ4n) is 2.33. The van der Waals surface area contributed by atoms with Gasteiger partial charge in [-0.05, 0) is 44.8 Å². The summed E-state index contributed by atoms with van der Waals surface area (Å²) in [6.45, 7) is 4.08. The number of amides is 1. The average Bonchev–Trinajstić information content (AvgIpc) is 2.57. The molecule has 0 radical (unpaired) electrons. The van der Waals surface area contributed by atoms with E-state index in [9.17, 15) is 4.79 Å². The van der Waals surface area contributed by atoms with Crippen LogP contribution in [0.15, 0.2) is 6.07 Å². The summed E-state index contributed by atoms with van der Waals surface area (Å²) in [4.78, 5) is 12.2. The molecule has 0 aromatic carbocycles. The molecule has 0 saturated carbocycles. The predicted octanol–water partition coefficient (Wildman–Crippen LogP) is 0.854. The first-order valence-electron chi connectivity index (χ1n) is 6.75. The molecule has 2 rings (SSSR count). The van der Waals surface area contributed by atoms with Gasteiger partial charge in [0.2, 0.25) is 0 Å². The lowest BCUT2D eigenvalue weighted by Crippen LogP contribution is -2.36. The van der Waals surface area contributed by atoms with Crippen molar-refractivity contribution in [2.24, 2.45) is 7.05 Å². The van der Waals surface area contributed by atoms with Crippen molar-refractivity contribution in [3.05, 3.63) is 17.5 Å². The fraction of sp³-hybridized carbons (Fsp3) is 0.692. The van der Waals surface area contributed by atoms with Crippen molar-refractivity contribution >= 4 is 5.91 Å². The van der Waals surface area contributed by atoms with Gasteiger partial charge in [0.25, 0.3) is 5.91 Å². The third kappa shape index (κ3) is 3.10. The van der Waals surface area contributed by atoms with Crippen LogP contribution in [0.1, 0.15) is 42.4 Å². The second kappa shape index (κ2) is 6.00. The standard InChI is InChI=1S/C13H22N4O/c1-3-10-9-12(17(2)16-10)13(18)15-11-5-4-7-14-8-6-11/h9,11,14H,3-8H2,1-2H3,(H,15,18). The van der Waals surface area contributed by atoms with Gasteiger partial charge in [-0.3, -0.25) is 9.48 Å². The van der Waals surface area contributed by atoms with Gasteiger partial charge in [-0.15, -0.1) is 0 Å². The summed E-state index contributed by atoms with van der Waals surface area (Å²) in [5.74, 6) is -0.00315. The summed E-state index contributed by atoms with van der Waals surface area (Å²) in [5.41, 5.74) is 1.62. The second-order valence-electron chi connectivity index (χ2n) is 4.85. The van der Waals surface area contributed by atoms with Crippen LogP contribution < -0.4 is 10.6 Å². The van der Waals surface area contributed by atoms with Gasteiger partial charge in [-0.25, -0.2) is 0 Å². The van der Waals surface area contributed by atoms with E-state index in [1.807, 2.05) is 20.0 Å². The van der Waals surface area contributed by atoms with Crippen LogP contribution >= 0.6 is 0 Å². The van der Waals surface area contributed by atoms with Gasteiger partial charge in [0.05, 0.1) is 5.69 Å². The highest BCUT2D eigenvalue weighted by molar-refractivity contribution is 5.92. The zero-order chi connectivity index (χ0) is 13.0. The summed E-state index contributed by atoms with van der Waals surface area (Å²) in [6.07, 6.45) is 4.03. The third-order valence-electron chi connectivity index (χ3n) is 3.44. The molecular weight excluding hydrogens is 228 g/mol. The van der Waals surface area contributed by atoms with Crippen LogP contribution in [-0.4, -0.2) is 34.8 Å². The van der Waals surface area contributed by atoms with Crippen LogP contribution in [0.4, 0.5) is 0 Å². The van der Waals surface area contributed by atoms with Crippen molar-refractivity contribution in [2.45, 2.75) is 38.6 Å². The van der Waals surface area contributed by atoms with E-state index in [1.54, 1.807) is 4.68 Å². The van der Waals surface area contributed by atoms with E-state index in [4.69, 9.17) is 0 Å². The van der Waals surface area contributed by atoms with E-state index >= 15 is 0 Å². The van der Waals surface area contributed by atoms with E-state index in [2.05, 4.69) is 15.7 Å². The smallest absolute Gasteiger partial charge is 0.269 e. The molecular formula is C13H22N4O. The number of hydrogen-bond donors (Lipinski definition) is 2. The fourth-order valence-corrected chi connectivity index (χ4v) is 2.33. The molecule has 1 fully saturated rings. The number of carbonyl (C=O) groups excluding carboxylic acids is 1. The van der Waals surface area contributed by atoms with Crippen LogP contribution in [0, 0.1) is 0 Å². The zero-order valence-electron chi connectivity index (χ0n) is 11.2. The average molecular weight is 250 g/mol. The molecule has 5 nitrogen and oxygen atoms in total. The highest BCUT2D eigenvalue weighted by Gasteiger charge is 2.18. The van der Waals surface area contributed by atoms with Crippen molar-refractivity contribution < 1.29 is 4.79 Å². The number of hydrogen-bond acceptors (Lipinski definition) is 3. The predicted molar refractivity (Wildman–Crippen MR) is 70.6 cm³/mol. The molecule has 0 spiro atoms. The van der Waals surface area contributed by atoms with Crippen molar-refractivity contribution in [1.29, 1.82) is 0 Å². The normalized spacial score (nSPS) is 20.4. The van der Waals surface area contributed by atoms with Crippen LogP contribution in [0.5, 0.6) is 0 Å². The van der Waals surface area contributed by atoms with E-state index < -0.39 is 0 Å². The molecule has 0 aliphatic carbocycles. The number of rotatable bonds is 3. The Morgan fingerprint density at radius 1 is 1.56 bits per heavy atom. The van der Waals surface area contributed by atoms with Crippen LogP contribution in [-0.2, 0) is 13.5 Å². The third-order valence-corrected chi connectivity index (χ3v) is 3.44. The van der Waals surface area contributed by atoms with Gasteiger partial charge >= 0.3 is 0 Å². The Balaban J connectivity index is 1.99. The lowest BCUT2D eigenvalue weighted by atomic mass is 10.1. The molecule has 1 unspecified atom stereocenters. The second-order valence-corrected chi connectivity index (χ2v) is 4.85. The first-order chi connectivity index (χ1) is 8.70. The number of aromatic nitrogens is 2. The molecule has 1 atom stereocenters. The van der Waals surface area contributed by atoms with Crippen molar-refractivity contribution in [1.82, 2.24) is 20.4 Å². The molecule has 2 N–H and O–H groups in total. The molecule has 1 aromatic rings. The quantitative estimate of drug-likeness (QED) is 0.836. The van der Waals surface area contributed by atoms with Crippen LogP contribution in [0.2, 0.25) is 0 Å². The Labute approximate surface area is 108 Å². The minimum atomic E-state index is -0.00315. The largest absolute Gasteiger partial charge is 0.348 e. The first-order valence-corrected chi connectivity index (χ1v) is 6.75. The zero-order valence-corrected chi connectivity index (χ0v) is 11.2. The Morgan fingerprint density at radius 3 is 3.11 bits per heavy atom. The maximum absolute atomic E-state index is 12.2. The molecule has 1 aliphatic heterocycles. The topological polar surface area (TPSA) is 59.0 Å². The molecule has 100 valence electrons. The number of aryl methyl sites for hydroxylation is 2. The highest BCUT2D eigenvalue weighted by atomic mass is 16.2. The molecule has 1 amide bonds. The molecule has 1 aliphatic rings. The lowest BCUT2D eigenvalue weighted by molar-refractivity contribution is 0.0924. The van der Waals surface area contributed by atoms with Gasteiger partial charge in [0, 0.05) is 13.1 Å². The van der Waals surface area contributed by atoms with Gasteiger partial charge in [-0.2, -0.15) is 5.10 Å². The Morgan fingerprint density at radius 2 is 2.39 bits per heavy atom. The summed E-state index contributed by atoms with van der Waals surface area (Å²) < 4.78 is 1.67. The van der Waals surface area contributed by atoms with Gasteiger partial charge < -0.3 is 10.6 Å². The van der Waals surface area contributed by atoms with E-state index in [0.29, 0.717) is 5.69 Å². The lowest BCUT2D eigenvalue weighted by Gasteiger charge is -2.15. The Kier molecular flexibility index (Phi) is 4.36.